The molecule has 390 valence electrons. The minimum absolute atomic E-state index is 0.0724. The molecule has 8 N–H and O–H groups in total. The fraction of sp³-hybridized carbons (Fsp3) is 0.532. The minimum Gasteiger partial charge on any atom is -0.508 e. The Hall–Kier alpha value is -6.47. The Morgan fingerprint density at radius 3 is 2.10 bits per heavy atom. The molecule has 2 saturated heterocycles. The molecule has 2 aliphatic heterocycles. The van der Waals surface area contributed by atoms with E-state index >= 15 is 4.79 Å². The molecule has 2 aliphatic rings. The number of hydrogen-bond acceptors (Lipinski definition) is 15. The lowest BCUT2D eigenvalue weighted by Crippen LogP contribution is -2.64. The maximum Gasteiger partial charge on any atom is 0.397 e. The van der Waals surface area contributed by atoms with Crippen molar-refractivity contribution in [1.29, 1.82) is 0 Å². The number of nitrogens with one attached hydrogen (secondary N) is 5. The summed E-state index contributed by atoms with van der Waals surface area (Å²) < 4.78 is 46.5. The third-order valence-corrected chi connectivity index (χ3v) is 12.8. The number of hydrogen-bond donors (Lipinski definition) is 8. The van der Waals surface area contributed by atoms with Gasteiger partial charge in [0, 0.05) is 27.0 Å². The van der Waals surface area contributed by atoms with E-state index in [0.29, 0.717) is 11.1 Å². The Balaban J connectivity index is 1.84. The number of aliphatic hydroxyl groups excluding tert-OH is 1. The molecule has 4 rings (SSSR count). The second-order valence-corrected chi connectivity index (χ2v) is 18.8. The summed E-state index contributed by atoms with van der Waals surface area (Å²) in [5, 5.41) is 34.1. The Bertz CT molecular complexity index is 2390. The number of nitrogens with zero attached hydrogens (tertiary/aromatic N) is 2. The van der Waals surface area contributed by atoms with E-state index in [2.05, 4.69) is 30.8 Å². The van der Waals surface area contributed by atoms with E-state index in [-0.39, 0.29) is 37.9 Å². The number of esters is 1. The summed E-state index contributed by atoms with van der Waals surface area (Å²) in [6.07, 6.45) is -3.81. The molecule has 2 bridgehead atoms. The summed E-state index contributed by atoms with van der Waals surface area (Å²) in [4.78, 5) is 116. The number of carbonyl (C=O) groups is 8. The van der Waals surface area contributed by atoms with E-state index in [1.807, 2.05) is 0 Å². The highest BCUT2D eigenvalue weighted by Crippen LogP contribution is 2.26. The monoisotopic (exact) mass is 1020 g/mol. The van der Waals surface area contributed by atoms with Gasteiger partial charge in [-0.1, -0.05) is 82.7 Å². The first kappa shape index (κ1) is 57.1. The first-order chi connectivity index (χ1) is 33.4. The number of carbonyl (C=O) groups excluding carboxylic acids is 8. The van der Waals surface area contributed by atoms with Crippen molar-refractivity contribution in [3.05, 3.63) is 77.5 Å². The molecule has 2 aromatic rings. The number of amides is 7. The Morgan fingerprint density at radius 1 is 0.901 bits per heavy atom. The van der Waals surface area contributed by atoms with E-state index < -0.39 is 137 Å². The number of allylic oxidation sites excluding steroid dienone is 1. The summed E-state index contributed by atoms with van der Waals surface area (Å²) in [6.45, 7) is 8.08. The zero-order chi connectivity index (χ0) is 52.9. The van der Waals surface area contributed by atoms with Gasteiger partial charge in [0.25, 0.3) is 17.7 Å². The first-order valence-electron chi connectivity index (χ1n) is 23.0. The molecule has 0 aliphatic carbocycles. The molecule has 2 heterocycles. The fourth-order valence-corrected chi connectivity index (χ4v) is 8.26. The van der Waals surface area contributed by atoms with Crippen molar-refractivity contribution >= 4 is 57.7 Å². The van der Waals surface area contributed by atoms with Gasteiger partial charge in [-0.3, -0.25) is 38.1 Å². The normalized spacial score (nSPS) is 25.1. The summed E-state index contributed by atoms with van der Waals surface area (Å²) in [5.74, 6) is -9.20. The van der Waals surface area contributed by atoms with Crippen LogP contribution in [0.25, 0.3) is 0 Å². The summed E-state index contributed by atoms with van der Waals surface area (Å²) in [7, 11) is -2.62. The van der Waals surface area contributed by atoms with Gasteiger partial charge in [-0.15, -0.1) is 0 Å². The van der Waals surface area contributed by atoms with Crippen LogP contribution >= 0.6 is 0 Å². The Morgan fingerprint density at radius 2 is 1.52 bits per heavy atom. The standard InChI is InChI=1S/C47H65N7O16S/c1-9-26(5)38-47(64)70-27(6)39(52-43(60)37(25(3)4)50-42(59)35(68-8)24-69-71(65,66)67)44(61)48-31(10-2)40(57)49-32-20-21-36(56)54(45(32)62)34(23-28-14-12-11-13-15-28)46(63)53(7)33(41(58)51-38)22-29-16-18-30(55)19-17-29/h10-19,25-27,32-39,55-56H,9,20-24H2,1-8H3,(H,48,61)(H,49,57)(H,50,59)(H,51,58)(H,52,60)(H,65,66,67)/b31-10-/t26-,27+,32-,33-,34-,35+,36+,37-,38-,39-/m0/s1. The lowest BCUT2D eigenvalue weighted by molar-refractivity contribution is -0.165. The predicted molar refractivity (Wildman–Crippen MR) is 252 cm³/mol. The van der Waals surface area contributed by atoms with Crippen LogP contribution in [0.2, 0.25) is 0 Å². The molecule has 0 spiro atoms. The van der Waals surface area contributed by atoms with Crippen molar-refractivity contribution in [3.8, 4) is 5.75 Å². The van der Waals surface area contributed by atoms with Gasteiger partial charge in [-0.05, 0) is 61.8 Å². The van der Waals surface area contributed by atoms with Crippen LogP contribution in [0.15, 0.2) is 66.4 Å². The van der Waals surface area contributed by atoms with E-state index in [1.54, 1.807) is 44.2 Å². The molecule has 7 amide bonds. The molecule has 0 saturated carbocycles. The average molecular weight is 1020 g/mol. The molecule has 2 aromatic carbocycles. The lowest BCUT2D eigenvalue weighted by atomic mass is 9.95. The van der Waals surface area contributed by atoms with Crippen LogP contribution in [-0.2, 0) is 75.3 Å². The Labute approximate surface area is 412 Å². The summed E-state index contributed by atoms with van der Waals surface area (Å²) in [6, 6.07) is 5.45. The molecule has 24 heteroatoms. The van der Waals surface area contributed by atoms with Crippen LogP contribution in [0, 0.1) is 11.8 Å². The molecule has 0 radical (unpaired) electrons. The van der Waals surface area contributed by atoms with Gasteiger partial charge in [0.2, 0.25) is 23.6 Å². The van der Waals surface area contributed by atoms with E-state index in [4.69, 9.17) is 14.0 Å². The molecular formula is C47H65N7O16S. The number of rotatable bonds is 15. The number of cyclic esters (lactones) is 1. The summed E-state index contributed by atoms with van der Waals surface area (Å²) >= 11 is 0. The second kappa shape index (κ2) is 25.6. The molecule has 0 aromatic heterocycles. The highest BCUT2D eigenvalue weighted by molar-refractivity contribution is 7.80. The van der Waals surface area contributed by atoms with E-state index in [1.165, 1.54) is 65.1 Å². The third kappa shape index (κ3) is 15.5. The van der Waals surface area contributed by atoms with Crippen LogP contribution in [0.4, 0.5) is 0 Å². The predicted octanol–water partition coefficient (Wildman–Crippen LogP) is -0.245. The minimum atomic E-state index is -4.99. The number of benzene rings is 2. The van der Waals surface area contributed by atoms with Crippen LogP contribution in [0.5, 0.6) is 5.75 Å². The lowest BCUT2D eigenvalue weighted by Gasteiger charge is -2.43. The molecule has 71 heavy (non-hydrogen) atoms. The van der Waals surface area contributed by atoms with Crippen LogP contribution in [0.1, 0.15) is 71.9 Å². The van der Waals surface area contributed by atoms with E-state index in [9.17, 15) is 52.2 Å². The van der Waals surface area contributed by atoms with Crippen LogP contribution in [-0.4, -0.2) is 156 Å². The zero-order valence-corrected chi connectivity index (χ0v) is 41.6. The maximum absolute atomic E-state index is 15.0. The maximum atomic E-state index is 15.0. The van der Waals surface area contributed by atoms with Crippen molar-refractivity contribution < 1.29 is 75.2 Å². The fourth-order valence-electron chi connectivity index (χ4n) is 7.96. The third-order valence-electron chi connectivity index (χ3n) is 12.4. The van der Waals surface area contributed by atoms with Gasteiger partial charge >= 0.3 is 16.4 Å². The van der Waals surface area contributed by atoms with Crippen molar-refractivity contribution in [2.45, 2.75) is 128 Å². The van der Waals surface area contributed by atoms with Crippen LogP contribution < -0.4 is 26.6 Å². The van der Waals surface area contributed by atoms with Crippen molar-refractivity contribution in [2.75, 3.05) is 20.8 Å². The van der Waals surface area contributed by atoms with Crippen molar-refractivity contribution in [2.24, 2.45) is 11.8 Å². The first-order valence-corrected chi connectivity index (χ1v) is 24.4. The number of aromatic hydroxyl groups is 1. The van der Waals surface area contributed by atoms with Crippen molar-refractivity contribution in [1.82, 2.24) is 36.4 Å². The zero-order valence-electron chi connectivity index (χ0n) is 40.8. The van der Waals surface area contributed by atoms with Gasteiger partial charge in [-0.25, -0.2) is 8.98 Å². The number of likely N-dealkylation sites (N-methyl/N-ethyl adjacent to an activating group) is 1. The average Bonchev–Trinajstić information content (AvgIpc) is 3.32. The highest BCUT2D eigenvalue weighted by atomic mass is 32.3. The number of ether oxygens (including phenoxy) is 2. The number of methoxy groups -OCH3 is 1. The van der Waals surface area contributed by atoms with Gasteiger partial charge in [-0.2, -0.15) is 8.42 Å². The number of phenolic OH excluding ortho intramolecular Hbond substituents is 1. The molecule has 10 atom stereocenters. The van der Waals surface area contributed by atoms with Crippen LogP contribution in [0.3, 0.4) is 0 Å². The largest absolute Gasteiger partial charge is 0.508 e. The summed E-state index contributed by atoms with van der Waals surface area (Å²) in [5.41, 5.74) is 0.646. The molecule has 0 unspecified atom stereocenters. The van der Waals surface area contributed by atoms with Gasteiger partial charge in [0.05, 0.1) is 0 Å². The number of aliphatic hydroxyl groups is 1. The smallest absolute Gasteiger partial charge is 0.397 e. The number of piperidine rings is 1. The van der Waals surface area contributed by atoms with Gasteiger partial charge < -0.3 is 56.1 Å². The van der Waals surface area contributed by atoms with E-state index in [0.717, 1.165) is 16.9 Å². The Kier molecular flexibility index (Phi) is 20.6. The second-order valence-electron chi connectivity index (χ2n) is 17.7. The van der Waals surface area contributed by atoms with Gasteiger partial charge in [0.15, 0.2) is 6.10 Å². The molecule has 23 nitrogen and oxygen atoms in total. The SMILES string of the molecule is C/C=C1\NC(=O)[C@@H](NC(=O)[C@@H](NC(=O)[C@@H](COS(=O)(=O)O)OC)C(C)C)[C@@H](C)OC(=O)[C@H]([C@@H](C)CC)NC(=O)[C@H](Cc2ccc(O)cc2)N(C)C(=O)[C@H](Cc2ccccc2)N2C(=O)[C@H](CC[C@H]2O)NC1=O. The quantitative estimate of drug-likeness (QED) is 0.0648. The highest BCUT2D eigenvalue weighted by Gasteiger charge is 2.46. The van der Waals surface area contributed by atoms with Gasteiger partial charge in [0.1, 0.15) is 66.6 Å². The van der Waals surface area contributed by atoms with Crippen molar-refractivity contribution in [3.63, 3.8) is 0 Å². The molecular weight excluding hydrogens is 951 g/mol. The number of fused-ring (bicyclic) bond motifs is 2. The number of phenols is 1. The molecule has 2 fully saturated rings. The topological polar surface area (TPSA) is 326 Å².